The number of nitrogens with zero attached hydrogens (tertiary/aromatic N) is 2. The minimum absolute atomic E-state index is 0.273. The normalized spacial score (nSPS) is 10.4. The zero-order chi connectivity index (χ0) is 11.5. The Morgan fingerprint density at radius 1 is 1.31 bits per heavy atom. The van der Waals surface area contributed by atoms with E-state index in [0.717, 1.165) is 0 Å². The van der Waals surface area contributed by atoms with Gasteiger partial charge < -0.3 is 10.5 Å². The van der Waals surface area contributed by atoms with Crippen LogP contribution >= 0.6 is 34.5 Å². The second-order valence-electron chi connectivity index (χ2n) is 2.90. The second kappa shape index (κ2) is 4.86. The Morgan fingerprint density at radius 2 is 2.12 bits per heavy atom. The Kier molecular flexibility index (Phi) is 3.48. The second-order valence-corrected chi connectivity index (χ2v) is 4.83. The molecule has 7 heteroatoms. The number of benzene rings is 1. The van der Waals surface area contributed by atoms with Crippen LogP contribution < -0.4 is 10.5 Å². The fraction of sp³-hybridized carbons (Fsp3) is 0.111. The maximum absolute atomic E-state index is 5.93. The van der Waals surface area contributed by atoms with Gasteiger partial charge in [-0.2, -0.15) is 0 Å². The largest absolute Gasteiger partial charge is 0.485 e. The van der Waals surface area contributed by atoms with Crippen LogP contribution in [0.3, 0.4) is 0 Å². The lowest BCUT2D eigenvalue weighted by atomic mass is 10.3. The molecule has 16 heavy (non-hydrogen) atoms. The summed E-state index contributed by atoms with van der Waals surface area (Å²) in [6, 6.07) is 5.02. The third-order valence-corrected chi connectivity index (χ3v) is 3.00. The van der Waals surface area contributed by atoms with Crippen LogP contribution in [0.25, 0.3) is 0 Å². The number of ether oxygens (including phenoxy) is 1. The van der Waals surface area contributed by atoms with Crippen molar-refractivity contribution in [2.75, 3.05) is 5.73 Å². The molecule has 0 amide bonds. The molecule has 0 fully saturated rings. The highest BCUT2D eigenvalue weighted by molar-refractivity contribution is 7.15. The number of aromatic nitrogens is 2. The first-order valence-corrected chi connectivity index (χ1v) is 5.88. The molecule has 0 aliphatic rings. The summed E-state index contributed by atoms with van der Waals surface area (Å²) in [6.07, 6.45) is 0. The van der Waals surface area contributed by atoms with Gasteiger partial charge in [0.15, 0.2) is 5.01 Å². The molecular weight excluding hydrogens is 269 g/mol. The SMILES string of the molecule is Nc1nnc(COc2cc(Cl)ccc2Cl)s1. The quantitative estimate of drug-likeness (QED) is 0.936. The van der Waals surface area contributed by atoms with Crippen LogP contribution in [0.4, 0.5) is 5.13 Å². The van der Waals surface area contributed by atoms with Gasteiger partial charge in [0.25, 0.3) is 0 Å². The Bertz CT molecular complexity index is 503. The third kappa shape index (κ3) is 2.75. The molecule has 4 nitrogen and oxygen atoms in total. The van der Waals surface area contributed by atoms with Crippen molar-refractivity contribution in [3.63, 3.8) is 0 Å². The maximum atomic E-state index is 5.93. The van der Waals surface area contributed by atoms with Crippen molar-refractivity contribution in [2.24, 2.45) is 0 Å². The molecular formula is C9H7Cl2N3OS. The maximum Gasteiger partial charge on any atom is 0.203 e. The number of nitrogen functional groups attached to an aromatic ring is 1. The Hall–Kier alpha value is -1.04. The number of anilines is 1. The summed E-state index contributed by atoms with van der Waals surface area (Å²) in [5, 5.41) is 9.67. The lowest BCUT2D eigenvalue weighted by molar-refractivity contribution is 0.305. The van der Waals surface area contributed by atoms with E-state index >= 15 is 0 Å². The molecule has 1 aromatic carbocycles. The minimum atomic E-state index is 0.273. The lowest BCUT2D eigenvalue weighted by Crippen LogP contribution is -1.95. The predicted octanol–water partition coefficient (Wildman–Crippen LogP) is 3.01. The molecule has 0 saturated carbocycles. The van der Waals surface area contributed by atoms with Gasteiger partial charge in [0.1, 0.15) is 12.4 Å². The van der Waals surface area contributed by atoms with Crippen molar-refractivity contribution in [3.8, 4) is 5.75 Å². The van der Waals surface area contributed by atoms with E-state index < -0.39 is 0 Å². The predicted molar refractivity (Wildman–Crippen MR) is 65.1 cm³/mol. The van der Waals surface area contributed by atoms with Crippen LogP contribution in [0.2, 0.25) is 10.0 Å². The smallest absolute Gasteiger partial charge is 0.203 e. The number of hydrogen-bond donors (Lipinski definition) is 1. The van der Waals surface area contributed by atoms with Crippen LogP contribution in [0.5, 0.6) is 5.75 Å². The summed E-state index contributed by atoms with van der Waals surface area (Å²) >= 11 is 13.0. The molecule has 0 spiro atoms. The van der Waals surface area contributed by atoms with Gasteiger partial charge in [-0.25, -0.2) is 0 Å². The number of hydrogen-bond acceptors (Lipinski definition) is 5. The van der Waals surface area contributed by atoms with Crippen LogP contribution in [-0.4, -0.2) is 10.2 Å². The van der Waals surface area contributed by atoms with Crippen LogP contribution in [0, 0.1) is 0 Å². The molecule has 84 valence electrons. The highest BCUT2D eigenvalue weighted by Crippen LogP contribution is 2.28. The minimum Gasteiger partial charge on any atom is -0.485 e. The van der Waals surface area contributed by atoms with Crippen LogP contribution in [-0.2, 0) is 6.61 Å². The summed E-state index contributed by atoms with van der Waals surface area (Å²) in [6.45, 7) is 0.273. The van der Waals surface area contributed by atoms with Crippen molar-refractivity contribution in [2.45, 2.75) is 6.61 Å². The van der Waals surface area contributed by atoms with E-state index in [4.69, 9.17) is 33.7 Å². The first-order chi connectivity index (χ1) is 7.65. The number of rotatable bonds is 3. The summed E-state index contributed by atoms with van der Waals surface area (Å²) < 4.78 is 5.45. The first kappa shape index (κ1) is 11.4. The number of nitrogens with two attached hydrogens (primary N) is 1. The first-order valence-electron chi connectivity index (χ1n) is 4.31. The van der Waals surface area contributed by atoms with Crippen LogP contribution in [0.15, 0.2) is 18.2 Å². The zero-order valence-corrected chi connectivity index (χ0v) is 10.3. The highest BCUT2D eigenvalue weighted by Gasteiger charge is 2.05. The van der Waals surface area contributed by atoms with Crippen molar-refractivity contribution < 1.29 is 4.74 Å². The molecule has 0 saturated heterocycles. The van der Waals surface area contributed by atoms with Gasteiger partial charge in [0, 0.05) is 11.1 Å². The molecule has 0 atom stereocenters. The Labute approximate surface area is 106 Å². The fourth-order valence-corrected chi connectivity index (χ4v) is 1.91. The van der Waals surface area contributed by atoms with E-state index in [-0.39, 0.29) is 6.61 Å². The highest BCUT2D eigenvalue weighted by atomic mass is 35.5. The van der Waals surface area contributed by atoms with E-state index in [1.54, 1.807) is 18.2 Å². The molecule has 1 heterocycles. The van der Waals surface area contributed by atoms with Crippen molar-refractivity contribution >= 4 is 39.7 Å². The molecule has 0 bridgehead atoms. The number of halogens is 2. The van der Waals surface area contributed by atoms with E-state index in [1.165, 1.54) is 11.3 Å². The van der Waals surface area contributed by atoms with E-state index in [0.29, 0.717) is 25.9 Å². The van der Waals surface area contributed by atoms with Gasteiger partial charge in [0.05, 0.1) is 5.02 Å². The standard InChI is InChI=1S/C9H7Cl2N3OS/c10-5-1-2-6(11)7(3-5)15-4-8-13-14-9(12)16-8/h1-3H,4H2,(H2,12,14). The molecule has 2 aromatic rings. The van der Waals surface area contributed by atoms with Gasteiger partial charge in [-0.15, -0.1) is 10.2 Å². The van der Waals surface area contributed by atoms with E-state index in [1.807, 2.05) is 0 Å². The van der Waals surface area contributed by atoms with Gasteiger partial charge >= 0.3 is 0 Å². The topological polar surface area (TPSA) is 61.0 Å². The van der Waals surface area contributed by atoms with Crippen LogP contribution in [0.1, 0.15) is 5.01 Å². The lowest BCUT2D eigenvalue weighted by Gasteiger charge is -2.05. The molecule has 1 aromatic heterocycles. The molecule has 0 aliphatic heterocycles. The third-order valence-electron chi connectivity index (χ3n) is 1.73. The molecule has 2 rings (SSSR count). The van der Waals surface area contributed by atoms with E-state index in [9.17, 15) is 0 Å². The van der Waals surface area contributed by atoms with Crippen molar-refractivity contribution in [1.29, 1.82) is 0 Å². The average molecular weight is 276 g/mol. The molecule has 2 N–H and O–H groups in total. The monoisotopic (exact) mass is 275 g/mol. The Balaban J connectivity index is 2.07. The summed E-state index contributed by atoms with van der Waals surface area (Å²) in [5.74, 6) is 0.517. The van der Waals surface area contributed by atoms with Crippen molar-refractivity contribution in [1.82, 2.24) is 10.2 Å². The molecule has 0 unspecified atom stereocenters. The average Bonchev–Trinajstić information content (AvgIpc) is 2.66. The van der Waals surface area contributed by atoms with Crippen molar-refractivity contribution in [3.05, 3.63) is 33.3 Å². The Morgan fingerprint density at radius 3 is 2.81 bits per heavy atom. The van der Waals surface area contributed by atoms with Gasteiger partial charge in [-0.1, -0.05) is 34.5 Å². The van der Waals surface area contributed by atoms with Gasteiger partial charge in [-0.3, -0.25) is 0 Å². The van der Waals surface area contributed by atoms with Gasteiger partial charge in [-0.05, 0) is 12.1 Å². The van der Waals surface area contributed by atoms with Gasteiger partial charge in [0.2, 0.25) is 5.13 Å². The zero-order valence-electron chi connectivity index (χ0n) is 7.98. The fourth-order valence-electron chi connectivity index (χ4n) is 1.05. The summed E-state index contributed by atoms with van der Waals surface area (Å²) in [7, 11) is 0. The molecule has 0 aliphatic carbocycles. The van der Waals surface area contributed by atoms with E-state index in [2.05, 4.69) is 10.2 Å². The molecule has 0 radical (unpaired) electrons. The summed E-state index contributed by atoms with van der Waals surface area (Å²) in [4.78, 5) is 0. The summed E-state index contributed by atoms with van der Waals surface area (Å²) in [5.41, 5.74) is 5.44.